The van der Waals surface area contributed by atoms with Crippen LogP contribution in [0.1, 0.15) is 10.4 Å². The molecule has 1 aliphatic heterocycles. The van der Waals surface area contributed by atoms with Gasteiger partial charge in [0.05, 0.1) is 5.56 Å². The number of ketones is 1. The van der Waals surface area contributed by atoms with Crippen LogP contribution in [0.5, 0.6) is 5.75 Å². The SMILES string of the molecule is CSc1ccc2c(c1)C(=O)/C(=C/Br)CO2. The molecule has 0 aromatic heterocycles. The van der Waals surface area contributed by atoms with Crippen LogP contribution in [0, 0.1) is 0 Å². The monoisotopic (exact) mass is 284 g/mol. The quantitative estimate of drug-likeness (QED) is 0.585. The second kappa shape index (κ2) is 4.41. The van der Waals surface area contributed by atoms with Crippen molar-refractivity contribution in [3.8, 4) is 5.75 Å². The summed E-state index contributed by atoms with van der Waals surface area (Å²) >= 11 is 4.78. The van der Waals surface area contributed by atoms with Gasteiger partial charge in [0, 0.05) is 10.5 Å². The number of rotatable bonds is 1. The molecule has 1 aromatic carbocycles. The van der Waals surface area contributed by atoms with E-state index in [2.05, 4.69) is 15.9 Å². The van der Waals surface area contributed by atoms with Gasteiger partial charge in [0.2, 0.25) is 0 Å². The molecule has 2 rings (SSSR count). The molecule has 0 atom stereocenters. The number of ether oxygens (including phenoxy) is 1. The summed E-state index contributed by atoms with van der Waals surface area (Å²) in [5, 5.41) is 0. The van der Waals surface area contributed by atoms with E-state index < -0.39 is 0 Å². The van der Waals surface area contributed by atoms with Gasteiger partial charge in [-0.05, 0) is 29.4 Å². The zero-order valence-electron chi connectivity index (χ0n) is 8.12. The molecule has 2 nitrogen and oxygen atoms in total. The van der Waals surface area contributed by atoms with Gasteiger partial charge in [0.25, 0.3) is 0 Å². The van der Waals surface area contributed by atoms with Crippen molar-refractivity contribution in [3.05, 3.63) is 34.3 Å². The lowest BCUT2D eigenvalue weighted by molar-refractivity contribution is 0.0999. The summed E-state index contributed by atoms with van der Waals surface area (Å²) in [5.74, 6) is 0.722. The second-order valence-corrected chi connectivity index (χ2v) is 4.45. The molecule has 0 saturated heterocycles. The Kier molecular flexibility index (Phi) is 3.17. The third-order valence-electron chi connectivity index (χ3n) is 2.24. The zero-order valence-corrected chi connectivity index (χ0v) is 10.5. The van der Waals surface area contributed by atoms with Crippen molar-refractivity contribution in [3.63, 3.8) is 0 Å². The lowest BCUT2D eigenvalue weighted by atomic mass is 10.0. The molecule has 0 spiro atoms. The molecular formula is C11H9BrO2S. The Balaban J connectivity index is 2.49. The Labute approximate surface area is 101 Å². The Hall–Kier alpha value is -0.740. The van der Waals surface area contributed by atoms with Crippen LogP contribution in [0.3, 0.4) is 0 Å². The highest BCUT2D eigenvalue weighted by molar-refractivity contribution is 9.11. The minimum Gasteiger partial charge on any atom is -0.488 e. The number of carbonyl (C=O) groups excluding carboxylic acids is 1. The molecule has 0 amide bonds. The Morgan fingerprint density at radius 1 is 1.53 bits per heavy atom. The lowest BCUT2D eigenvalue weighted by Crippen LogP contribution is -2.18. The maximum absolute atomic E-state index is 11.9. The minimum absolute atomic E-state index is 0.0454. The molecule has 15 heavy (non-hydrogen) atoms. The van der Waals surface area contributed by atoms with E-state index in [1.165, 1.54) is 0 Å². The fourth-order valence-electron chi connectivity index (χ4n) is 1.41. The lowest BCUT2D eigenvalue weighted by Gasteiger charge is -2.18. The van der Waals surface area contributed by atoms with Gasteiger partial charge in [-0.15, -0.1) is 11.8 Å². The molecule has 0 unspecified atom stereocenters. The molecular weight excluding hydrogens is 276 g/mol. The van der Waals surface area contributed by atoms with Crippen LogP contribution in [-0.2, 0) is 0 Å². The van der Waals surface area contributed by atoms with E-state index in [0.29, 0.717) is 23.5 Å². The first-order valence-electron chi connectivity index (χ1n) is 4.41. The maximum Gasteiger partial charge on any atom is 0.196 e. The minimum atomic E-state index is 0.0454. The standard InChI is InChI=1S/C11H9BrO2S/c1-15-8-2-3-10-9(4-8)11(13)7(5-12)6-14-10/h2-5H,6H2,1H3/b7-5+. The van der Waals surface area contributed by atoms with Crippen molar-refractivity contribution < 1.29 is 9.53 Å². The number of carbonyl (C=O) groups is 1. The van der Waals surface area contributed by atoms with Gasteiger partial charge in [0.15, 0.2) is 5.78 Å². The van der Waals surface area contributed by atoms with E-state index in [9.17, 15) is 4.79 Å². The van der Waals surface area contributed by atoms with Gasteiger partial charge >= 0.3 is 0 Å². The van der Waals surface area contributed by atoms with Crippen molar-refractivity contribution >= 4 is 33.5 Å². The van der Waals surface area contributed by atoms with E-state index in [-0.39, 0.29) is 5.78 Å². The summed E-state index contributed by atoms with van der Waals surface area (Å²) < 4.78 is 5.47. The van der Waals surface area contributed by atoms with Gasteiger partial charge in [-0.25, -0.2) is 0 Å². The van der Waals surface area contributed by atoms with Crippen LogP contribution in [-0.4, -0.2) is 18.6 Å². The van der Waals surface area contributed by atoms with Crippen molar-refractivity contribution in [2.24, 2.45) is 0 Å². The number of fused-ring (bicyclic) bond motifs is 1. The molecule has 0 N–H and O–H groups in total. The number of hydrogen-bond donors (Lipinski definition) is 0. The number of Topliss-reactive ketones (excluding diaryl/α,β-unsaturated/α-hetero) is 1. The number of hydrogen-bond acceptors (Lipinski definition) is 3. The summed E-state index contributed by atoms with van der Waals surface area (Å²) in [6.07, 6.45) is 1.98. The summed E-state index contributed by atoms with van der Waals surface area (Å²) in [5.41, 5.74) is 1.31. The first-order chi connectivity index (χ1) is 7.26. The molecule has 0 aliphatic carbocycles. The van der Waals surface area contributed by atoms with Crippen LogP contribution < -0.4 is 4.74 Å². The smallest absolute Gasteiger partial charge is 0.196 e. The van der Waals surface area contributed by atoms with E-state index in [1.54, 1.807) is 16.7 Å². The van der Waals surface area contributed by atoms with Crippen LogP contribution in [0.2, 0.25) is 0 Å². The molecule has 0 saturated carbocycles. The molecule has 78 valence electrons. The molecule has 1 aliphatic rings. The summed E-state index contributed by atoms with van der Waals surface area (Å²) in [6, 6.07) is 5.68. The van der Waals surface area contributed by atoms with E-state index in [4.69, 9.17) is 4.74 Å². The van der Waals surface area contributed by atoms with Gasteiger partial charge in [-0.2, -0.15) is 0 Å². The number of thioether (sulfide) groups is 1. The first kappa shape index (κ1) is 10.8. The van der Waals surface area contributed by atoms with Crippen LogP contribution >= 0.6 is 27.7 Å². The van der Waals surface area contributed by atoms with Gasteiger partial charge in [-0.3, -0.25) is 4.79 Å². The van der Waals surface area contributed by atoms with E-state index >= 15 is 0 Å². The summed E-state index contributed by atoms with van der Waals surface area (Å²) in [7, 11) is 0. The number of benzene rings is 1. The molecule has 4 heteroatoms. The summed E-state index contributed by atoms with van der Waals surface area (Å²) in [4.78, 5) is 14.6. The molecule has 0 bridgehead atoms. The Morgan fingerprint density at radius 2 is 2.33 bits per heavy atom. The van der Waals surface area contributed by atoms with Crippen molar-refractivity contribution in [1.29, 1.82) is 0 Å². The highest BCUT2D eigenvalue weighted by atomic mass is 79.9. The molecule has 1 heterocycles. The topological polar surface area (TPSA) is 26.3 Å². The Bertz CT molecular complexity index is 440. The third kappa shape index (κ3) is 1.96. The average molecular weight is 285 g/mol. The van der Waals surface area contributed by atoms with Gasteiger partial charge in [-0.1, -0.05) is 15.9 Å². The fourth-order valence-corrected chi connectivity index (χ4v) is 2.19. The Morgan fingerprint density at radius 3 is 3.00 bits per heavy atom. The zero-order chi connectivity index (χ0) is 10.8. The maximum atomic E-state index is 11.9. The predicted molar refractivity (Wildman–Crippen MR) is 65.1 cm³/mol. The van der Waals surface area contributed by atoms with E-state index in [0.717, 1.165) is 4.90 Å². The number of halogens is 1. The fraction of sp³-hybridized carbons (Fsp3) is 0.182. The normalized spacial score (nSPS) is 17.5. The van der Waals surface area contributed by atoms with Gasteiger partial charge in [0.1, 0.15) is 12.4 Å². The van der Waals surface area contributed by atoms with E-state index in [1.807, 2.05) is 24.5 Å². The highest BCUT2D eigenvalue weighted by Crippen LogP contribution is 2.30. The van der Waals surface area contributed by atoms with Crippen molar-refractivity contribution in [2.75, 3.05) is 12.9 Å². The van der Waals surface area contributed by atoms with Crippen molar-refractivity contribution in [1.82, 2.24) is 0 Å². The predicted octanol–water partition coefficient (Wildman–Crippen LogP) is 3.26. The van der Waals surface area contributed by atoms with Crippen LogP contribution in [0.15, 0.2) is 33.7 Å². The average Bonchev–Trinajstić information content (AvgIpc) is 2.29. The second-order valence-electron chi connectivity index (χ2n) is 3.11. The van der Waals surface area contributed by atoms with Crippen LogP contribution in [0.25, 0.3) is 0 Å². The van der Waals surface area contributed by atoms with Gasteiger partial charge < -0.3 is 4.74 Å². The summed E-state index contributed by atoms with van der Waals surface area (Å²) in [6.45, 7) is 0.343. The van der Waals surface area contributed by atoms with Crippen LogP contribution in [0.4, 0.5) is 0 Å². The molecule has 1 aromatic rings. The molecule has 0 fully saturated rings. The highest BCUT2D eigenvalue weighted by Gasteiger charge is 2.22. The largest absolute Gasteiger partial charge is 0.488 e. The third-order valence-corrected chi connectivity index (χ3v) is 3.52. The first-order valence-corrected chi connectivity index (χ1v) is 6.55. The molecule has 0 radical (unpaired) electrons. The van der Waals surface area contributed by atoms with Crippen molar-refractivity contribution in [2.45, 2.75) is 4.90 Å².